The summed E-state index contributed by atoms with van der Waals surface area (Å²) in [5, 5.41) is 10.1. The highest BCUT2D eigenvalue weighted by Gasteiger charge is 2.33. The zero-order chi connectivity index (χ0) is 15.2. The molecule has 1 heterocycles. The lowest BCUT2D eigenvalue weighted by molar-refractivity contribution is -0.142. The van der Waals surface area contributed by atoms with Crippen LogP contribution in [-0.2, 0) is 19.4 Å². The van der Waals surface area contributed by atoms with E-state index in [1.165, 1.54) is 16.7 Å². The van der Waals surface area contributed by atoms with Crippen molar-refractivity contribution in [2.24, 2.45) is 0 Å². The molecule has 0 aliphatic carbocycles. The Kier molecular flexibility index (Phi) is 6.56. The normalized spacial score (nSPS) is 19.6. The van der Waals surface area contributed by atoms with E-state index in [1.54, 1.807) is 0 Å². The Morgan fingerprint density at radius 1 is 1.50 bits per heavy atom. The van der Waals surface area contributed by atoms with Crippen LogP contribution in [0.25, 0.3) is 0 Å². The van der Waals surface area contributed by atoms with E-state index < -0.39 is 33.8 Å². The maximum atomic E-state index is 11.9. The third kappa shape index (κ3) is 5.55. The zero-order valence-electron chi connectivity index (χ0n) is 11.1. The Balaban J connectivity index is 2.42. The molecule has 0 aromatic heterocycles. The summed E-state index contributed by atoms with van der Waals surface area (Å²) in [6, 6.07) is -0.473. The van der Waals surface area contributed by atoms with Crippen LogP contribution < -0.4 is 5.32 Å². The van der Waals surface area contributed by atoms with Crippen molar-refractivity contribution in [1.82, 2.24) is 10.2 Å². The van der Waals surface area contributed by atoms with Gasteiger partial charge in [-0.05, 0) is 0 Å². The second-order valence-corrected chi connectivity index (χ2v) is 7.58. The SMILES string of the molecule is CS(=O)(=O)C1CSCCN1C(=O)NCCOCC(=O)O. The van der Waals surface area contributed by atoms with Gasteiger partial charge >= 0.3 is 12.0 Å². The molecule has 1 aliphatic heterocycles. The molecule has 0 spiro atoms. The number of nitrogens with zero attached hydrogens (tertiary/aromatic N) is 1. The number of thioether (sulfide) groups is 1. The smallest absolute Gasteiger partial charge is 0.329 e. The van der Waals surface area contributed by atoms with Crippen LogP contribution in [-0.4, -0.2) is 79.9 Å². The van der Waals surface area contributed by atoms with Gasteiger partial charge in [0.2, 0.25) is 0 Å². The average Bonchev–Trinajstić information content (AvgIpc) is 2.36. The van der Waals surface area contributed by atoms with Gasteiger partial charge in [-0.1, -0.05) is 0 Å². The van der Waals surface area contributed by atoms with Crippen LogP contribution in [0.2, 0.25) is 0 Å². The van der Waals surface area contributed by atoms with Gasteiger partial charge in [0, 0.05) is 30.9 Å². The molecule has 1 fully saturated rings. The number of rotatable bonds is 6. The van der Waals surface area contributed by atoms with Crippen molar-refractivity contribution in [3.8, 4) is 0 Å². The summed E-state index contributed by atoms with van der Waals surface area (Å²) in [6.07, 6.45) is 1.11. The first-order valence-corrected chi connectivity index (χ1v) is 9.04. The third-order valence-corrected chi connectivity index (χ3v) is 5.23. The molecular formula is C10H18N2O6S2. The number of amides is 2. The van der Waals surface area contributed by atoms with Gasteiger partial charge in [-0.2, -0.15) is 11.8 Å². The maximum Gasteiger partial charge on any atom is 0.329 e. The number of carboxylic acids is 1. The summed E-state index contributed by atoms with van der Waals surface area (Å²) in [5.41, 5.74) is 0. The number of carbonyl (C=O) groups is 2. The summed E-state index contributed by atoms with van der Waals surface area (Å²) in [4.78, 5) is 23.4. The van der Waals surface area contributed by atoms with E-state index in [9.17, 15) is 18.0 Å². The molecule has 1 saturated heterocycles. The molecule has 116 valence electrons. The number of hydrogen-bond donors (Lipinski definition) is 2. The molecule has 0 aromatic rings. The monoisotopic (exact) mass is 326 g/mol. The fraction of sp³-hybridized carbons (Fsp3) is 0.800. The summed E-state index contributed by atoms with van der Waals surface area (Å²) in [6.45, 7) is 0.128. The standard InChI is InChI=1S/C10H18N2O6S2/c1-20(16,17)8-7-19-5-3-12(8)10(15)11-2-4-18-6-9(13)14/h8H,2-7H2,1H3,(H,11,15)(H,13,14). The molecule has 2 amide bonds. The third-order valence-electron chi connectivity index (χ3n) is 2.59. The average molecular weight is 326 g/mol. The van der Waals surface area contributed by atoms with Crippen LogP contribution in [0.1, 0.15) is 0 Å². The molecule has 2 N–H and O–H groups in total. The number of ether oxygens (including phenoxy) is 1. The van der Waals surface area contributed by atoms with E-state index in [1.807, 2.05) is 0 Å². The predicted octanol–water partition coefficient (Wildman–Crippen LogP) is -0.783. The molecule has 1 rings (SSSR count). The molecule has 8 nitrogen and oxygen atoms in total. The van der Waals surface area contributed by atoms with Crippen LogP contribution in [0.5, 0.6) is 0 Å². The fourth-order valence-electron chi connectivity index (χ4n) is 1.66. The molecule has 0 bridgehead atoms. The topological polar surface area (TPSA) is 113 Å². The molecule has 0 radical (unpaired) electrons. The van der Waals surface area contributed by atoms with E-state index in [4.69, 9.17) is 9.84 Å². The first-order valence-electron chi connectivity index (χ1n) is 5.93. The quantitative estimate of drug-likeness (QED) is 0.615. The fourth-order valence-corrected chi connectivity index (χ4v) is 4.47. The Hall–Kier alpha value is -1.00. The second-order valence-electron chi connectivity index (χ2n) is 4.23. The van der Waals surface area contributed by atoms with Crippen LogP contribution in [0, 0.1) is 0 Å². The number of aliphatic carboxylic acids is 1. The maximum absolute atomic E-state index is 11.9. The minimum absolute atomic E-state index is 0.0597. The van der Waals surface area contributed by atoms with Gasteiger partial charge in [-0.25, -0.2) is 18.0 Å². The lowest BCUT2D eigenvalue weighted by Crippen LogP contribution is -2.53. The first kappa shape index (κ1) is 17.1. The van der Waals surface area contributed by atoms with E-state index in [0.29, 0.717) is 18.1 Å². The molecule has 1 aliphatic rings. The summed E-state index contributed by atoms with van der Waals surface area (Å²) in [5.74, 6) is -0.0296. The number of hydrogen-bond acceptors (Lipinski definition) is 6. The molecule has 1 atom stereocenters. The minimum Gasteiger partial charge on any atom is -0.480 e. The van der Waals surface area contributed by atoms with Gasteiger partial charge in [0.05, 0.1) is 6.61 Å². The number of sulfone groups is 1. The van der Waals surface area contributed by atoms with Gasteiger partial charge in [-0.15, -0.1) is 0 Å². The van der Waals surface area contributed by atoms with Crippen molar-refractivity contribution in [3.05, 3.63) is 0 Å². The van der Waals surface area contributed by atoms with Crippen molar-refractivity contribution in [2.75, 3.05) is 44.1 Å². The Labute approximate surface area is 121 Å². The summed E-state index contributed by atoms with van der Waals surface area (Å²) >= 11 is 1.50. The number of urea groups is 1. The van der Waals surface area contributed by atoms with Crippen LogP contribution in [0.15, 0.2) is 0 Å². The number of carboxylic acid groups (broad SMARTS) is 1. The molecule has 20 heavy (non-hydrogen) atoms. The molecule has 1 unspecified atom stereocenters. The lowest BCUT2D eigenvalue weighted by atomic mass is 10.5. The van der Waals surface area contributed by atoms with Crippen LogP contribution >= 0.6 is 11.8 Å². The van der Waals surface area contributed by atoms with Crippen molar-refractivity contribution >= 4 is 33.6 Å². The van der Waals surface area contributed by atoms with E-state index in [2.05, 4.69) is 5.32 Å². The van der Waals surface area contributed by atoms with Gasteiger partial charge in [0.15, 0.2) is 9.84 Å². The Bertz CT molecular complexity index is 453. The molecule has 0 aromatic carbocycles. The Morgan fingerprint density at radius 3 is 2.80 bits per heavy atom. The highest BCUT2D eigenvalue weighted by molar-refractivity contribution is 8.00. The first-order chi connectivity index (χ1) is 9.32. The zero-order valence-corrected chi connectivity index (χ0v) is 12.7. The van der Waals surface area contributed by atoms with Crippen molar-refractivity contribution in [3.63, 3.8) is 0 Å². The molecule has 10 heteroatoms. The van der Waals surface area contributed by atoms with Crippen LogP contribution in [0.4, 0.5) is 4.79 Å². The van der Waals surface area contributed by atoms with Gasteiger partial charge in [0.25, 0.3) is 0 Å². The van der Waals surface area contributed by atoms with Crippen molar-refractivity contribution in [1.29, 1.82) is 0 Å². The largest absolute Gasteiger partial charge is 0.480 e. The van der Waals surface area contributed by atoms with E-state index in [-0.39, 0.29) is 13.2 Å². The highest BCUT2D eigenvalue weighted by Crippen LogP contribution is 2.20. The molecular weight excluding hydrogens is 308 g/mol. The van der Waals surface area contributed by atoms with Crippen molar-refractivity contribution < 1.29 is 27.9 Å². The highest BCUT2D eigenvalue weighted by atomic mass is 32.2. The second kappa shape index (κ2) is 7.70. The van der Waals surface area contributed by atoms with Crippen molar-refractivity contribution in [2.45, 2.75) is 5.37 Å². The summed E-state index contributed by atoms with van der Waals surface area (Å²) in [7, 11) is -3.33. The molecule has 0 saturated carbocycles. The summed E-state index contributed by atoms with van der Waals surface area (Å²) < 4.78 is 28.0. The van der Waals surface area contributed by atoms with E-state index in [0.717, 1.165) is 6.26 Å². The van der Waals surface area contributed by atoms with Gasteiger partial charge < -0.3 is 20.1 Å². The number of nitrogens with one attached hydrogen (secondary N) is 1. The van der Waals surface area contributed by atoms with Gasteiger partial charge in [0.1, 0.15) is 12.0 Å². The predicted molar refractivity (Wildman–Crippen MR) is 74.5 cm³/mol. The van der Waals surface area contributed by atoms with Crippen LogP contribution in [0.3, 0.4) is 0 Å². The van der Waals surface area contributed by atoms with Gasteiger partial charge in [-0.3, -0.25) is 0 Å². The lowest BCUT2D eigenvalue weighted by Gasteiger charge is -2.33. The number of carbonyl (C=O) groups excluding carboxylic acids is 1. The van der Waals surface area contributed by atoms with E-state index >= 15 is 0 Å². The minimum atomic E-state index is -3.33. The Morgan fingerprint density at radius 2 is 2.20 bits per heavy atom.